The zero-order valence-electron chi connectivity index (χ0n) is 14.9. The zero-order chi connectivity index (χ0) is 19.4. The van der Waals surface area contributed by atoms with Crippen molar-refractivity contribution in [1.82, 2.24) is 9.66 Å². The van der Waals surface area contributed by atoms with Gasteiger partial charge >= 0.3 is 0 Å². The van der Waals surface area contributed by atoms with Crippen LogP contribution in [0.15, 0.2) is 52.0 Å². The molecule has 0 aliphatic carbocycles. The smallest absolute Gasteiger partial charge is 0.280 e. The number of aromatic nitrogens is 2. The molecule has 0 radical (unpaired) electrons. The number of hydrogen-bond acceptors (Lipinski definition) is 5. The van der Waals surface area contributed by atoms with Crippen molar-refractivity contribution in [3.8, 4) is 11.5 Å². The van der Waals surface area contributed by atoms with Crippen molar-refractivity contribution in [2.24, 2.45) is 0 Å². The fraction of sp³-hybridized carbons (Fsp3) is 0.211. The molecule has 2 aromatic carbocycles. The van der Waals surface area contributed by atoms with Crippen LogP contribution in [0.1, 0.15) is 23.7 Å². The monoisotopic (exact) mass is 431 g/mol. The number of rotatable bonds is 6. The van der Waals surface area contributed by atoms with E-state index in [4.69, 9.17) is 9.47 Å². The molecule has 0 bridgehead atoms. The van der Waals surface area contributed by atoms with Crippen LogP contribution < -0.4 is 20.5 Å². The van der Waals surface area contributed by atoms with Crippen molar-refractivity contribution in [2.45, 2.75) is 13.3 Å². The van der Waals surface area contributed by atoms with Crippen molar-refractivity contribution in [1.29, 1.82) is 0 Å². The van der Waals surface area contributed by atoms with E-state index >= 15 is 0 Å². The molecule has 0 unspecified atom stereocenters. The first-order valence-corrected chi connectivity index (χ1v) is 9.12. The predicted molar refractivity (Wildman–Crippen MR) is 106 cm³/mol. The summed E-state index contributed by atoms with van der Waals surface area (Å²) < 4.78 is 12.6. The number of nitrogens with one attached hydrogen (secondary N) is 1. The first-order valence-electron chi connectivity index (χ1n) is 8.33. The minimum atomic E-state index is -0.477. The molecule has 0 spiro atoms. The Balaban J connectivity index is 1.91. The molecule has 0 aliphatic heterocycles. The quantitative estimate of drug-likeness (QED) is 0.646. The SMILES string of the molecule is CCCOc1c(Br)cc(C(=O)Nn2cnc3ccccc3c2=O)cc1OC. The second kappa shape index (κ2) is 8.22. The first-order chi connectivity index (χ1) is 13.0. The Hall–Kier alpha value is -2.87. The van der Waals surface area contributed by atoms with Gasteiger partial charge in [0.15, 0.2) is 11.5 Å². The van der Waals surface area contributed by atoms with Crippen LogP contribution in [0, 0.1) is 0 Å². The van der Waals surface area contributed by atoms with Crippen molar-refractivity contribution in [2.75, 3.05) is 19.1 Å². The summed E-state index contributed by atoms with van der Waals surface area (Å²) >= 11 is 3.40. The highest BCUT2D eigenvalue weighted by Crippen LogP contribution is 2.36. The largest absolute Gasteiger partial charge is 0.493 e. The molecular weight excluding hydrogens is 414 g/mol. The number of halogens is 1. The first kappa shape index (κ1) is 18.9. The second-order valence-electron chi connectivity index (χ2n) is 5.72. The van der Waals surface area contributed by atoms with E-state index in [2.05, 4.69) is 26.3 Å². The predicted octanol–water partition coefficient (Wildman–Crippen LogP) is 3.34. The van der Waals surface area contributed by atoms with Crippen LogP contribution in [0.3, 0.4) is 0 Å². The van der Waals surface area contributed by atoms with Crippen molar-refractivity contribution in [3.05, 3.63) is 63.1 Å². The Bertz CT molecular complexity index is 1050. The van der Waals surface area contributed by atoms with Crippen molar-refractivity contribution < 1.29 is 14.3 Å². The summed E-state index contributed by atoms with van der Waals surface area (Å²) in [5, 5.41) is 0.419. The number of amides is 1. The van der Waals surface area contributed by atoms with Gasteiger partial charge < -0.3 is 9.47 Å². The lowest BCUT2D eigenvalue weighted by Gasteiger charge is -2.14. The second-order valence-corrected chi connectivity index (χ2v) is 6.57. The molecule has 3 aromatic rings. The molecule has 1 N–H and O–H groups in total. The van der Waals surface area contributed by atoms with Crippen LogP contribution in [-0.4, -0.2) is 29.3 Å². The number of fused-ring (bicyclic) bond motifs is 1. The highest BCUT2D eigenvalue weighted by molar-refractivity contribution is 9.10. The standard InChI is InChI=1S/C19H18BrN3O4/c1-3-8-27-17-14(20)9-12(10-16(17)26-2)18(24)22-23-11-21-15-7-5-4-6-13(15)19(23)25/h4-7,9-11H,3,8H2,1-2H3,(H,22,24). The molecule has 1 amide bonds. The normalized spacial score (nSPS) is 10.6. The van der Waals surface area contributed by atoms with Crippen molar-refractivity contribution >= 4 is 32.7 Å². The fourth-order valence-corrected chi connectivity index (χ4v) is 3.07. The Kier molecular flexibility index (Phi) is 5.75. The molecule has 0 saturated carbocycles. The highest BCUT2D eigenvalue weighted by Gasteiger charge is 2.16. The molecule has 1 heterocycles. The van der Waals surface area contributed by atoms with Gasteiger partial charge in [0.2, 0.25) is 0 Å². The highest BCUT2D eigenvalue weighted by atomic mass is 79.9. The summed E-state index contributed by atoms with van der Waals surface area (Å²) in [6, 6.07) is 10.1. The van der Waals surface area contributed by atoms with Gasteiger partial charge in [0.1, 0.15) is 6.33 Å². The molecular formula is C19H18BrN3O4. The van der Waals surface area contributed by atoms with Crippen LogP contribution in [0.5, 0.6) is 11.5 Å². The lowest BCUT2D eigenvalue weighted by atomic mass is 10.2. The summed E-state index contributed by atoms with van der Waals surface area (Å²) in [6.07, 6.45) is 2.13. The molecule has 27 heavy (non-hydrogen) atoms. The van der Waals surface area contributed by atoms with Gasteiger partial charge in [0, 0.05) is 5.56 Å². The van der Waals surface area contributed by atoms with Crippen LogP contribution in [-0.2, 0) is 0 Å². The summed E-state index contributed by atoms with van der Waals surface area (Å²) in [5.74, 6) is 0.475. The lowest BCUT2D eigenvalue weighted by Crippen LogP contribution is -2.33. The number of carbonyl (C=O) groups excluding carboxylic acids is 1. The number of nitrogens with zero attached hydrogens (tertiary/aromatic N) is 2. The van der Waals surface area contributed by atoms with Gasteiger partial charge in [-0.3, -0.25) is 15.0 Å². The van der Waals surface area contributed by atoms with E-state index in [9.17, 15) is 9.59 Å². The van der Waals surface area contributed by atoms with Gasteiger partial charge in [-0.15, -0.1) is 0 Å². The lowest BCUT2D eigenvalue weighted by molar-refractivity contribution is 0.101. The van der Waals surface area contributed by atoms with Crippen LogP contribution in [0.4, 0.5) is 0 Å². The minimum absolute atomic E-state index is 0.308. The average molecular weight is 432 g/mol. The third kappa shape index (κ3) is 3.95. The summed E-state index contributed by atoms with van der Waals surface area (Å²) in [6.45, 7) is 2.52. The summed E-state index contributed by atoms with van der Waals surface area (Å²) in [7, 11) is 1.50. The molecule has 0 saturated heterocycles. The van der Waals surface area contributed by atoms with Gasteiger partial charge in [0.05, 0.1) is 29.1 Å². The summed E-state index contributed by atoms with van der Waals surface area (Å²) in [4.78, 5) is 29.3. The molecule has 0 fully saturated rings. The maximum atomic E-state index is 12.6. The topological polar surface area (TPSA) is 82.5 Å². The Morgan fingerprint density at radius 2 is 2.07 bits per heavy atom. The Morgan fingerprint density at radius 3 is 2.81 bits per heavy atom. The van der Waals surface area contributed by atoms with Crippen molar-refractivity contribution in [3.63, 3.8) is 0 Å². The van der Waals surface area contributed by atoms with Gasteiger partial charge in [-0.25, -0.2) is 9.66 Å². The molecule has 140 valence electrons. The molecule has 3 rings (SSSR count). The third-order valence-electron chi connectivity index (χ3n) is 3.83. The van der Waals surface area contributed by atoms with E-state index in [0.29, 0.717) is 39.0 Å². The number of ether oxygens (including phenoxy) is 2. The number of carbonyl (C=O) groups is 1. The molecule has 0 atom stereocenters. The molecule has 8 heteroatoms. The van der Waals surface area contributed by atoms with Crippen LogP contribution >= 0.6 is 15.9 Å². The van der Waals surface area contributed by atoms with Crippen LogP contribution in [0.2, 0.25) is 0 Å². The van der Waals surface area contributed by atoms with E-state index < -0.39 is 5.91 Å². The molecule has 0 aliphatic rings. The van der Waals surface area contributed by atoms with Gasteiger partial charge in [0.25, 0.3) is 11.5 Å². The average Bonchev–Trinajstić information content (AvgIpc) is 2.68. The Labute approximate surface area is 164 Å². The number of benzene rings is 2. The molecule has 1 aromatic heterocycles. The third-order valence-corrected chi connectivity index (χ3v) is 4.42. The molecule has 7 nitrogen and oxygen atoms in total. The minimum Gasteiger partial charge on any atom is -0.493 e. The maximum absolute atomic E-state index is 12.6. The van der Waals surface area contributed by atoms with E-state index in [1.807, 2.05) is 6.92 Å². The van der Waals surface area contributed by atoms with E-state index in [1.54, 1.807) is 36.4 Å². The number of para-hydroxylation sites is 1. The number of hydrogen-bond donors (Lipinski definition) is 1. The van der Waals surface area contributed by atoms with E-state index in [1.165, 1.54) is 13.4 Å². The Morgan fingerprint density at radius 1 is 1.30 bits per heavy atom. The maximum Gasteiger partial charge on any atom is 0.280 e. The van der Waals surface area contributed by atoms with E-state index in [-0.39, 0.29) is 5.56 Å². The zero-order valence-corrected chi connectivity index (χ0v) is 16.4. The van der Waals surface area contributed by atoms with Gasteiger partial charge in [-0.2, -0.15) is 0 Å². The fourth-order valence-electron chi connectivity index (χ4n) is 2.52. The van der Waals surface area contributed by atoms with Gasteiger partial charge in [-0.1, -0.05) is 19.1 Å². The van der Waals surface area contributed by atoms with E-state index in [0.717, 1.165) is 11.1 Å². The van der Waals surface area contributed by atoms with Crippen LogP contribution in [0.25, 0.3) is 10.9 Å². The van der Waals surface area contributed by atoms with Gasteiger partial charge in [-0.05, 0) is 46.6 Å². The number of methoxy groups -OCH3 is 1. The summed E-state index contributed by atoms with van der Waals surface area (Å²) in [5.41, 5.74) is 3.06.